The molecule has 0 saturated carbocycles. The molecule has 41 heavy (non-hydrogen) atoms. The molecule has 192 valence electrons. The van der Waals surface area contributed by atoms with Gasteiger partial charge in [-0.3, -0.25) is 0 Å². The normalized spacial score (nSPS) is 12.9. The van der Waals surface area contributed by atoms with Crippen molar-refractivity contribution in [2.24, 2.45) is 0 Å². The molecule has 2 aliphatic rings. The molecule has 0 fully saturated rings. The van der Waals surface area contributed by atoms with Gasteiger partial charge in [0.25, 0.3) is 0 Å². The molecule has 0 spiro atoms. The largest absolute Gasteiger partial charge is 0.454 e. The molecule has 5 aromatic carbocycles. The standard InChI is InChI=1S/C36H22N4O/c1-2-9-21(10-3-1)34-38-35(23-19-22-11-6-14-26-24-12-4-5-13-25(24)28(20-23)31(22)26)40-36(39-34)27-15-7-16-29-32(27)33-30(41-29)17-8-18-37-33/h1-17,19-20,37H,18H2. The number of hydrogen-bond acceptors (Lipinski definition) is 5. The van der Waals surface area contributed by atoms with Crippen LogP contribution in [0.2, 0.25) is 0 Å². The van der Waals surface area contributed by atoms with Crippen LogP contribution in [0.15, 0.2) is 114 Å². The highest BCUT2D eigenvalue weighted by Crippen LogP contribution is 2.48. The molecule has 1 aliphatic heterocycles. The lowest BCUT2D eigenvalue weighted by Gasteiger charge is -2.12. The summed E-state index contributed by atoms with van der Waals surface area (Å²) < 4.78 is 6.18. The lowest BCUT2D eigenvalue weighted by atomic mass is 9.99. The minimum absolute atomic E-state index is 0.616. The molecule has 3 heterocycles. The van der Waals surface area contributed by atoms with Crippen molar-refractivity contribution in [1.29, 1.82) is 0 Å². The summed E-state index contributed by atoms with van der Waals surface area (Å²) in [4.78, 5) is 15.2. The van der Waals surface area contributed by atoms with Crippen LogP contribution in [0.25, 0.3) is 84.2 Å². The minimum Gasteiger partial charge on any atom is -0.454 e. The van der Waals surface area contributed by atoms with Crippen LogP contribution in [0.1, 0.15) is 5.76 Å². The number of nitrogens with one attached hydrogen (secondary N) is 1. The molecule has 5 nitrogen and oxygen atoms in total. The molecular weight excluding hydrogens is 504 g/mol. The van der Waals surface area contributed by atoms with E-state index in [4.69, 9.17) is 19.4 Å². The van der Waals surface area contributed by atoms with Gasteiger partial charge in [-0.15, -0.1) is 0 Å². The van der Waals surface area contributed by atoms with Gasteiger partial charge in [-0.05, 0) is 57.3 Å². The fraction of sp³-hybridized carbons (Fsp3) is 0.0278. The van der Waals surface area contributed by atoms with E-state index >= 15 is 0 Å². The van der Waals surface area contributed by atoms with Crippen LogP contribution >= 0.6 is 0 Å². The second-order valence-corrected chi connectivity index (χ2v) is 10.4. The third-order valence-electron chi connectivity index (χ3n) is 8.06. The predicted octanol–water partition coefficient (Wildman–Crippen LogP) is 8.86. The minimum atomic E-state index is 0.616. The van der Waals surface area contributed by atoms with Gasteiger partial charge >= 0.3 is 0 Å². The Labute approximate surface area is 235 Å². The van der Waals surface area contributed by atoms with Crippen LogP contribution in [-0.4, -0.2) is 21.5 Å². The van der Waals surface area contributed by atoms with Gasteiger partial charge in [-0.1, -0.05) is 91.0 Å². The summed E-state index contributed by atoms with van der Waals surface area (Å²) in [6.45, 7) is 0.747. The Morgan fingerprint density at radius 3 is 2.15 bits per heavy atom. The van der Waals surface area contributed by atoms with E-state index in [0.29, 0.717) is 17.5 Å². The van der Waals surface area contributed by atoms with Crippen molar-refractivity contribution >= 4 is 33.5 Å². The third kappa shape index (κ3) is 3.33. The van der Waals surface area contributed by atoms with Crippen molar-refractivity contribution in [3.05, 3.63) is 115 Å². The lowest BCUT2D eigenvalue weighted by Crippen LogP contribution is -2.03. The summed E-state index contributed by atoms with van der Waals surface area (Å²) in [5.74, 6) is 2.72. The smallest absolute Gasteiger partial charge is 0.164 e. The van der Waals surface area contributed by atoms with Gasteiger partial charge in [0.2, 0.25) is 0 Å². The van der Waals surface area contributed by atoms with E-state index in [2.05, 4.69) is 72.1 Å². The van der Waals surface area contributed by atoms with Gasteiger partial charge in [0.05, 0.1) is 11.1 Å². The SMILES string of the molecule is C1=Cc2oc3cccc(-c4nc(-c5ccccc5)nc(-c5cc6c7c(cccc7c5)-c5ccccc5-6)n4)c3c2NC1. The molecule has 1 N–H and O–H groups in total. The van der Waals surface area contributed by atoms with Crippen molar-refractivity contribution < 1.29 is 4.42 Å². The number of rotatable bonds is 3. The summed E-state index contributed by atoms with van der Waals surface area (Å²) in [6.07, 6.45) is 4.08. The number of benzene rings is 5. The number of aromatic nitrogens is 3. The zero-order chi connectivity index (χ0) is 26.9. The molecule has 7 aromatic rings. The maximum absolute atomic E-state index is 6.18. The molecule has 9 rings (SSSR count). The van der Waals surface area contributed by atoms with Crippen LogP contribution in [0.3, 0.4) is 0 Å². The second kappa shape index (κ2) is 8.47. The van der Waals surface area contributed by atoms with Crippen molar-refractivity contribution in [3.8, 4) is 56.4 Å². The Morgan fingerprint density at radius 1 is 0.561 bits per heavy atom. The number of nitrogens with zero attached hydrogens (tertiary/aromatic N) is 3. The van der Waals surface area contributed by atoms with Crippen LogP contribution in [0.5, 0.6) is 0 Å². The van der Waals surface area contributed by atoms with E-state index in [0.717, 1.165) is 45.7 Å². The highest BCUT2D eigenvalue weighted by atomic mass is 16.3. The Hall–Kier alpha value is -5.55. The summed E-state index contributed by atoms with van der Waals surface area (Å²) >= 11 is 0. The zero-order valence-electron chi connectivity index (χ0n) is 21.9. The molecule has 0 bridgehead atoms. The van der Waals surface area contributed by atoms with Crippen LogP contribution in [0, 0.1) is 0 Å². The molecule has 5 heteroatoms. The first-order valence-electron chi connectivity index (χ1n) is 13.8. The van der Waals surface area contributed by atoms with Gasteiger partial charge in [0.15, 0.2) is 23.2 Å². The second-order valence-electron chi connectivity index (χ2n) is 10.4. The molecule has 0 amide bonds. The van der Waals surface area contributed by atoms with Crippen molar-refractivity contribution in [1.82, 2.24) is 15.0 Å². The van der Waals surface area contributed by atoms with E-state index in [1.807, 2.05) is 48.5 Å². The highest BCUT2D eigenvalue weighted by molar-refractivity contribution is 6.16. The average Bonchev–Trinajstić information content (AvgIpc) is 3.58. The quantitative estimate of drug-likeness (QED) is 0.249. The summed E-state index contributed by atoms with van der Waals surface area (Å²) in [5, 5.41) is 6.93. The predicted molar refractivity (Wildman–Crippen MR) is 165 cm³/mol. The van der Waals surface area contributed by atoms with Crippen molar-refractivity contribution in [3.63, 3.8) is 0 Å². The first-order chi connectivity index (χ1) is 20.3. The van der Waals surface area contributed by atoms with Crippen molar-refractivity contribution in [2.75, 3.05) is 11.9 Å². The lowest BCUT2D eigenvalue weighted by molar-refractivity contribution is 0.604. The Bertz CT molecular complexity index is 2210. The van der Waals surface area contributed by atoms with E-state index in [1.54, 1.807) is 0 Å². The van der Waals surface area contributed by atoms with Gasteiger partial charge in [0.1, 0.15) is 5.58 Å². The Kier molecular flexibility index (Phi) is 4.61. The monoisotopic (exact) mass is 526 g/mol. The molecule has 0 unspecified atom stereocenters. The highest BCUT2D eigenvalue weighted by Gasteiger charge is 2.24. The molecular formula is C36H22N4O. The van der Waals surface area contributed by atoms with E-state index in [1.165, 1.54) is 33.0 Å². The van der Waals surface area contributed by atoms with E-state index in [9.17, 15) is 0 Å². The Balaban J connectivity index is 1.32. The fourth-order valence-corrected chi connectivity index (χ4v) is 6.26. The van der Waals surface area contributed by atoms with E-state index in [-0.39, 0.29) is 0 Å². The number of fused-ring (bicyclic) bond motifs is 6. The molecule has 2 aromatic heterocycles. The van der Waals surface area contributed by atoms with E-state index < -0.39 is 0 Å². The van der Waals surface area contributed by atoms with Crippen LogP contribution in [-0.2, 0) is 0 Å². The zero-order valence-corrected chi connectivity index (χ0v) is 21.9. The summed E-state index contributed by atoms with van der Waals surface area (Å²) in [7, 11) is 0. The number of hydrogen-bond donors (Lipinski definition) is 1. The van der Waals surface area contributed by atoms with Crippen molar-refractivity contribution in [2.45, 2.75) is 0 Å². The first-order valence-corrected chi connectivity index (χ1v) is 13.8. The van der Waals surface area contributed by atoms with Crippen LogP contribution < -0.4 is 5.32 Å². The van der Waals surface area contributed by atoms with Gasteiger partial charge in [0, 0.05) is 23.2 Å². The van der Waals surface area contributed by atoms with Gasteiger partial charge < -0.3 is 9.73 Å². The maximum atomic E-state index is 6.18. The fourth-order valence-electron chi connectivity index (χ4n) is 6.26. The maximum Gasteiger partial charge on any atom is 0.164 e. The third-order valence-corrected chi connectivity index (χ3v) is 8.06. The molecule has 0 radical (unpaired) electrons. The molecule has 0 atom stereocenters. The van der Waals surface area contributed by atoms with Gasteiger partial charge in [-0.25, -0.2) is 15.0 Å². The summed E-state index contributed by atoms with van der Waals surface area (Å²) in [5.41, 5.74) is 9.60. The topological polar surface area (TPSA) is 63.8 Å². The first kappa shape index (κ1) is 22.3. The summed E-state index contributed by atoms with van der Waals surface area (Å²) in [6, 6.07) is 35.7. The Morgan fingerprint density at radius 2 is 1.27 bits per heavy atom. The van der Waals surface area contributed by atoms with Gasteiger partial charge in [-0.2, -0.15) is 0 Å². The molecule has 1 aliphatic carbocycles. The number of furan rings is 1. The van der Waals surface area contributed by atoms with Crippen LogP contribution in [0.4, 0.5) is 5.69 Å². The number of anilines is 1. The average molecular weight is 527 g/mol. The molecule has 0 saturated heterocycles.